The number of aliphatic hydroxyl groups excluding tert-OH is 1. The van der Waals surface area contributed by atoms with Crippen molar-refractivity contribution in [1.29, 1.82) is 0 Å². The fraction of sp³-hybridized carbons (Fsp3) is 0.647. The summed E-state index contributed by atoms with van der Waals surface area (Å²) in [6, 6.07) is 5.72. The Balaban J connectivity index is 1.90. The molecule has 2 unspecified atom stereocenters. The molecule has 0 aromatic heterocycles. The summed E-state index contributed by atoms with van der Waals surface area (Å²) >= 11 is 0. The molecule has 3 atom stereocenters. The van der Waals surface area contributed by atoms with Crippen LogP contribution < -0.4 is 9.47 Å². The van der Waals surface area contributed by atoms with Crippen molar-refractivity contribution >= 4 is 0 Å². The first-order chi connectivity index (χ1) is 9.62. The van der Waals surface area contributed by atoms with Crippen molar-refractivity contribution in [3.8, 4) is 11.5 Å². The average molecular weight is 276 g/mol. The van der Waals surface area contributed by atoms with Gasteiger partial charge in [0.05, 0.1) is 13.2 Å². The van der Waals surface area contributed by atoms with Gasteiger partial charge in [-0.25, -0.2) is 0 Å². The minimum Gasteiger partial charge on any atom is -0.497 e. The normalized spacial score (nSPS) is 33.1. The standard InChI is InChI=1S/C17H24O3/c1-12-4-3-8-17(9-7-12)11-15(18)14-6-5-13(19-2)10-16(14)20-17/h5-6,10,12,15,18H,3-4,7-9,11H2,1-2H3/t12?,15-,17?/m0/s1. The van der Waals surface area contributed by atoms with Gasteiger partial charge in [0.1, 0.15) is 17.1 Å². The summed E-state index contributed by atoms with van der Waals surface area (Å²) in [5, 5.41) is 10.5. The zero-order valence-electron chi connectivity index (χ0n) is 12.4. The predicted octanol–water partition coefficient (Wildman–Crippen LogP) is 3.85. The largest absolute Gasteiger partial charge is 0.497 e. The molecule has 0 bridgehead atoms. The van der Waals surface area contributed by atoms with Crippen molar-refractivity contribution in [1.82, 2.24) is 0 Å². The first-order valence-electron chi connectivity index (χ1n) is 7.67. The molecule has 0 amide bonds. The lowest BCUT2D eigenvalue weighted by molar-refractivity contribution is -0.0251. The monoisotopic (exact) mass is 276 g/mol. The maximum Gasteiger partial charge on any atom is 0.129 e. The lowest BCUT2D eigenvalue weighted by atomic mass is 9.83. The van der Waals surface area contributed by atoms with Gasteiger partial charge in [0.2, 0.25) is 0 Å². The molecule has 1 spiro atoms. The van der Waals surface area contributed by atoms with Crippen molar-refractivity contribution in [2.75, 3.05) is 7.11 Å². The van der Waals surface area contributed by atoms with Crippen LogP contribution >= 0.6 is 0 Å². The van der Waals surface area contributed by atoms with Gasteiger partial charge in [-0.1, -0.05) is 13.3 Å². The Morgan fingerprint density at radius 2 is 2.15 bits per heavy atom. The number of hydrogen-bond acceptors (Lipinski definition) is 3. The van der Waals surface area contributed by atoms with Crippen molar-refractivity contribution in [2.45, 2.75) is 57.2 Å². The van der Waals surface area contributed by atoms with Gasteiger partial charge in [0, 0.05) is 18.1 Å². The van der Waals surface area contributed by atoms with Crippen LogP contribution in [0.25, 0.3) is 0 Å². The van der Waals surface area contributed by atoms with Crippen molar-refractivity contribution in [3.05, 3.63) is 23.8 Å². The summed E-state index contributed by atoms with van der Waals surface area (Å²) in [5.41, 5.74) is 0.720. The van der Waals surface area contributed by atoms with E-state index in [4.69, 9.17) is 9.47 Å². The average Bonchev–Trinajstić information content (AvgIpc) is 2.61. The van der Waals surface area contributed by atoms with Gasteiger partial charge in [0.25, 0.3) is 0 Å². The molecule has 3 rings (SSSR count). The molecule has 3 heteroatoms. The van der Waals surface area contributed by atoms with Gasteiger partial charge in [-0.05, 0) is 43.7 Å². The minimum atomic E-state index is -0.418. The third-order valence-corrected chi connectivity index (χ3v) is 4.89. The molecule has 1 aliphatic heterocycles. The van der Waals surface area contributed by atoms with Crippen LogP contribution in [0.1, 0.15) is 57.1 Å². The molecule has 1 N–H and O–H groups in total. The van der Waals surface area contributed by atoms with E-state index in [0.29, 0.717) is 0 Å². The summed E-state index contributed by atoms with van der Waals surface area (Å²) < 4.78 is 11.6. The smallest absolute Gasteiger partial charge is 0.129 e. The Hall–Kier alpha value is -1.22. The second-order valence-electron chi connectivity index (χ2n) is 6.44. The highest BCUT2D eigenvalue weighted by Crippen LogP contribution is 2.47. The highest BCUT2D eigenvalue weighted by molar-refractivity contribution is 5.44. The molecule has 20 heavy (non-hydrogen) atoms. The van der Waals surface area contributed by atoms with Crippen LogP contribution in [0.15, 0.2) is 18.2 Å². The Morgan fingerprint density at radius 1 is 1.30 bits per heavy atom. The molecule has 3 nitrogen and oxygen atoms in total. The van der Waals surface area contributed by atoms with Crippen molar-refractivity contribution < 1.29 is 14.6 Å². The molecule has 1 fully saturated rings. The molecule has 0 radical (unpaired) electrons. The third kappa shape index (κ3) is 2.51. The number of hydrogen-bond donors (Lipinski definition) is 1. The molecule has 1 heterocycles. The van der Waals surface area contributed by atoms with Crippen LogP contribution in [0.4, 0.5) is 0 Å². The molecule has 0 saturated heterocycles. The third-order valence-electron chi connectivity index (χ3n) is 4.89. The fourth-order valence-corrected chi connectivity index (χ4v) is 3.60. The summed E-state index contributed by atoms with van der Waals surface area (Å²) in [7, 11) is 1.66. The molecule has 1 aliphatic carbocycles. The van der Waals surface area contributed by atoms with Gasteiger partial charge < -0.3 is 14.6 Å². The summed E-state index contributed by atoms with van der Waals surface area (Å²) in [6.45, 7) is 2.31. The predicted molar refractivity (Wildman–Crippen MR) is 78.2 cm³/mol. The van der Waals surface area contributed by atoms with Crippen LogP contribution in [-0.2, 0) is 0 Å². The number of methoxy groups -OCH3 is 1. The molecular weight excluding hydrogens is 252 g/mol. The molecule has 1 aromatic carbocycles. The second kappa shape index (κ2) is 5.28. The van der Waals surface area contributed by atoms with E-state index in [1.807, 2.05) is 18.2 Å². The van der Waals surface area contributed by atoms with E-state index < -0.39 is 6.10 Å². The minimum absolute atomic E-state index is 0.177. The number of fused-ring (bicyclic) bond motifs is 1. The van der Waals surface area contributed by atoms with Crippen LogP contribution in [0.3, 0.4) is 0 Å². The summed E-state index contributed by atoms with van der Waals surface area (Å²) in [4.78, 5) is 0. The fourth-order valence-electron chi connectivity index (χ4n) is 3.60. The first kappa shape index (κ1) is 13.7. The van der Waals surface area contributed by atoms with E-state index >= 15 is 0 Å². The Labute approximate surface area is 120 Å². The van der Waals surface area contributed by atoms with Crippen molar-refractivity contribution in [3.63, 3.8) is 0 Å². The highest BCUT2D eigenvalue weighted by Gasteiger charge is 2.41. The van der Waals surface area contributed by atoms with Gasteiger partial charge in [-0.2, -0.15) is 0 Å². The maximum atomic E-state index is 10.5. The topological polar surface area (TPSA) is 38.7 Å². The second-order valence-corrected chi connectivity index (χ2v) is 6.44. The Bertz CT molecular complexity index is 485. The van der Waals surface area contributed by atoms with E-state index in [9.17, 15) is 5.11 Å². The lowest BCUT2D eigenvalue weighted by Gasteiger charge is -2.40. The number of benzene rings is 1. The summed E-state index contributed by atoms with van der Waals surface area (Å²) in [6.07, 6.45) is 6.04. The van der Waals surface area contributed by atoms with Crippen LogP contribution in [0, 0.1) is 5.92 Å². The van der Waals surface area contributed by atoms with Crippen molar-refractivity contribution in [2.24, 2.45) is 5.92 Å². The van der Waals surface area contributed by atoms with E-state index in [-0.39, 0.29) is 5.60 Å². The lowest BCUT2D eigenvalue weighted by Crippen LogP contribution is -2.40. The molecule has 1 aromatic rings. The number of ether oxygens (including phenoxy) is 2. The molecule has 1 saturated carbocycles. The number of rotatable bonds is 1. The Kier molecular flexibility index (Phi) is 3.63. The first-order valence-corrected chi connectivity index (χ1v) is 7.67. The van der Waals surface area contributed by atoms with Crippen LogP contribution in [-0.4, -0.2) is 17.8 Å². The highest BCUT2D eigenvalue weighted by atomic mass is 16.5. The maximum absolute atomic E-state index is 10.5. The van der Waals surface area contributed by atoms with Gasteiger partial charge in [0.15, 0.2) is 0 Å². The van der Waals surface area contributed by atoms with E-state index in [2.05, 4.69) is 6.92 Å². The zero-order chi connectivity index (χ0) is 14.2. The zero-order valence-corrected chi connectivity index (χ0v) is 12.4. The van der Waals surface area contributed by atoms with Gasteiger partial charge >= 0.3 is 0 Å². The van der Waals surface area contributed by atoms with E-state index in [1.54, 1.807) is 7.11 Å². The quantitative estimate of drug-likeness (QED) is 0.846. The van der Waals surface area contributed by atoms with E-state index in [0.717, 1.165) is 42.2 Å². The molecule has 110 valence electrons. The van der Waals surface area contributed by atoms with Crippen LogP contribution in [0.5, 0.6) is 11.5 Å². The molecule has 2 aliphatic rings. The SMILES string of the molecule is COc1ccc2c(c1)OC1(CCCC(C)CC1)C[C@@H]2O. The summed E-state index contributed by atoms with van der Waals surface area (Å²) in [5.74, 6) is 2.36. The van der Waals surface area contributed by atoms with E-state index in [1.165, 1.54) is 19.3 Å². The Morgan fingerprint density at radius 3 is 2.95 bits per heavy atom. The number of aliphatic hydroxyl groups is 1. The van der Waals surface area contributed by atoms with Gasteiger partial charge in [-0.15, -0.1) is 0 Å². The van der Waals surface area contributed by atoms with Gasteiger partial charge in [-0.3, -0.25) is 0 Å². The van der Waals surface area contributed by atoms with Crippen LogP contribution in [0.2, 0.25) is 0 Å². The molecular formula is C17H24O3.